The van der Waals surface area contributed by atoms with Gasteiger partial charge in [0.05, 0.1) is 0 Å². The molecule has 13 heavy (non-hydrogen) atoms. The number of fused-ring (bicyclic) bond motifs is 2. The van der Waals surface area contributed by atoms with E-state index in [0.29, 0.717) is 5.04 Å². The van der Waals surface area contributed by atoms with Crippen molar-refractivity contribution < 1.29 is 4.12 Å². The van der Waals surface area contributed by atoms with Crippen molar-refractivity contribution in [2.24, 2.45) is 11.8 Å². The normalized spacial score (nSPS) is 47.4. The van der Waals surface area contributed by atoms with Gasteiger partial charge in [-0.2, -0.15) is 0 Å². The number of allylic oxidation sites excluding steroid dienone is 2. The number of hydrogen-bond donors (Lipinski definition) is 0. The highest BCUT2D eigenvalue weighted by Crippen LogP contribution is 2.63. The van der Waals surface area contributed by atoms with E-state index in [9.17, 15) is 0 Å². The third-order valence-electron chi connectivity index (χ3n) is 4.19. The van der Waals surface area contributed by atoms with E-state index < -0.39 is 0 Å². The van der Waals surface area contributed by atoms with Crippen molar-refractivity contribution in [2.75, 3.05) is 0 Å². The van der Waals surface area contributed by atoms with E-state index in [2.05, 4.69) is 19.9 Å². The first kappa shape index (κ1) is 9.68. The fourth-order valence-electron chi connectivity index (χ4n) is 3.61. The van der Waals surface area contributed by atoms with Crippen LogP contribution in [0.3, 0.4) is 0 Å². The lowest BCUT2D eigenvalue weighted by Crippen LogP contribution is -2.27. The van der Waals surface area contributed by atoms with E-state index in [-0.39, 0.29) is 9.76 Å². The Morgan fingerprint density at radius 1 is 1.62 bits per heavy atom. The molecule has 3 unspecified atom stereocenters. The van der Waals surface area contributed by atoms with Crippen LogP contribution in [0.15, 0.2) is 11.6 Å². The smallest absolute Gasteiger partial charge is 0.155 e. The summed E-state index contributed by atoms with van der Waals surface area (Å²) in [5.41, 5.74) is 1.76. The van der Waals surface area contributed by atoms with Crippen LogP contribution in [-0.2, 0) is 4.12 Å². The molecule has 2 aliphatic rings. The summed E-state index contributed by atoms with van der Waals surface area (Å²) in [6, 6.07) is 0. The first-order valence-electron chi connectivity index (χ1n) is 5.38. The van der Waals surface area contributed by atoms with Gasteiger partial charge in [-0.15, -0.1) is 0 Å². The van der Waals surface area contributed by atoms with Crippen molar-refractivity contribution in [1.29, 1.82) is 0 Å². The summed E-state index contributed by atoms with van der Waals surface area (Å²) in [5.74, 6) is 1.91. The molecule has 0 amide bonds. The van der Waals surface area contributed by atoms with Gasteiger partial charge in [0.15, 0.2) is 9.76 Å². The summed E-state index contributed by atoms with van der Waals surface area (Å²) in [4.78, 5) is 0. The molecule has 2 saturated carbocycles. The fourth-order valence-corrected chi connectivity index (χ4v) is 7.28. The third kappa shape index (κ3) is 1.29. The first-order valence-corrected chi connectivity index (χ1v) is 7.48. The Bertz CT molecular complexity index is 239. The highest BCUT2D eigenvalue weighted by Gasteiger charge is 2.51. The molecule has 2 fully saturated rings. The summed E-state index contributed by atoms with van der Waals surface area (Å²) in [6.45, 7) is 4.69. The standard InChI is InChI=1S/C10H20OSi2/c1-3-9-7-4-5-8(6-7)10(9,2)13-11-12/h3,7-8H,4-6,13H2,1-2,12H3. The maximum Gasteiger partial charge on any atom is 0.155 e. The summed E-state index contributed by atoms with van der Waals surface area (Å²) in [7, 11) is 0.652. The molecule has 0 aliphatic heterocycles. The van der Waals surface area contributed by atoms with Gasteiger partial charge >= 0.3 is 0 Å². The SMILES string of the molecule is CC=C1C2CCC(C2)C1(C)[SiH2]O[SiH3]. The maximum atomic E-state index is 5.65. The third-order valence-corrected chi connectivity index (χ3v) is 6.93. The second kappa shape index (κ2) is 3.37. The van der Waals surface area contributed by atoms with Gasteiger partial charge in [-0.3, -0.25) is 0 Å². The second-order valence-electron chi connectivity index (χ2n) is 4.80. The lowest BCUT2D eigenvalue weighted by molar-refractivity contribution is 0.421. The maximum absolute atomic E-state index is 5.65. The van der Waals surface area contributed by atoms with Crippen molar-refractivity contribution in [1.82, 2.24) is 0 Å². The highest BCUT2D eigenvalue weighted by molar-refractivity contribution is 6.39. The van der Waals surface area contributed by atoms with Crippen molar-refractivity contribution >= 4 is 20.2 Å². The molecule has 0 spiro atoms. The Morgan fingerprint density at radius 2 is 2.38 bits per heavy atom. The Labute approximate surface area is 86.4 Å². The van der Waals surface area contributed by atoms with Crippen molar-refractivity contribution in [3.63, 3.8) is 0 Å². The molecule has 0 N–H and O–H groups in total. The monoisotopic (exact) mass is 212 g/mol. The average Bonchev–Trinajstić information content (AvgIpc) is 2.63. The zero-order valence-corrected chi connectivity index (χ0v) is 12.4. The van der Waals surface area contributed by atoms with Gasteiger partial charge in [-0.25, -0.2) is 0 Å². The van der Waals surface area contributed by atoms with Gasteiger partial charge in [0.2, 0.25) is 0 Å². The van der Waals surface area contributed by atoms with Gasteiger partial charge in [0, 0.05) is 5.04 Å². The van der Waals surface area contributed by atoms with E-state index in [1.807, 2.05) is 0 Å². The lowest BCUT2D eigenvalue weighted by atomic mass is 9.84. The molecule has 3 heteroatoms. The van der Waals surface area contributed by atoms with Crippen LogP contribution in [0.1, 0.15) is 33.1 Å². The van der Waals surface area contributed by atoms with E-state index in [4.69, 9.17) is 4.12 Å². The second-order valence-corrected chi connectivity index (χ2v) is 8.87. The predicted octanol–water partition coefficient (Wildman–Crippen LogP) is 0.922. The largest absolute Gasteiger partial charge is 0.467 e. The molecule has 2 bridgehead atoms. The molecule has 0 saturated heterocycles. The van der Waals surface area contributed by atoms with Crippen LogP contribution in [0.25, 0.3) is 0 Å². The van der Waals surface area contributed by atoms with Crippen LogP contribution in [0.2, 0.25) is 5.04 Å². The molecule has 0 heterocycles. The molecule has 3 atom stereocenters. The molecule has 74 valence electrons. The van der Waals surface area contributed by atoms with Gasteiger partial charge in [0.1, 0.15) is 10.5 Å². The van der Waals surface area contributed by atoms with Crippen LogP contribution in [0.5, 0.6) is 0 Å². The Balaban J connectivity index is 2.26. The number of rotatable bonds is 2. The topological polar surface area (TPSA) is 9.23 Å². The quantitative estimate of drug-likeness (QED) is 0.489. The molecule has 0 aromatic carbocycles. The summed E-state index contributed by atoms with van der Waals surface area (Å²) in [5, 5.41) is 0.541. The Morgan fingerprint density at radius 3 is 3.00 bits per heavy atom. The minimum absolute atomic E-state index is 0.291. The minimum Gasteiger partial charge on any atom is -0.467 e. The van der Waals surface area contributed by atoms with Gasteiger partial charge in [0.25, 0.3) is 0 Å². The molecule has 2 rings (SSSR count). The zero-order chi connectivity index (χ0) is 9.47. The zero-order valence-electron chi connectivity index (χ0n) is 8.97. The molecule has 1 nitrogen and oxygen atoms in total. The van der Waals surface area contributed by atoms with Gasteiger partial charge < -0.3 is 4.12 Å². The van der Waals surface area contributed by atoms with Crippen LogP contribution in [-0.4, -0.2) is 20.2 Å². The number of hydrogen-bond acceptors (Lipinski definition) is 1. The summed E-state index contributed by atoms with van der Waals surface area (Å²) >= 11 is 0. The minimum atomic E-state index is -0.291. The summed E-state index contributed by atoms with van der Waals surface area (Å²) < 4.78 is 5.65. The van der Waals surface area contributed by atoms with E-state index in [0.717, 1.165) is 22.3 Å². The molecule has 2 aliphatic carbocycles. The molecule has 0 radical (unpaired) electrons. The van der Waals surface area contributed by atoms with E-state index in [1.54, 1.807) is 5.57 Å². The average molecular weight is 212 g/mol. The van der Waals surface area contributed by atoms with Crippen LogP contribution >= 0.6 is 0 Å². The van der Waals surface area contributed by atoms with Crippen LogP contribution < -0.4 is 0 Å². The Hall–Kier alpha value is 0.134. The molecular formula is C10H20OSi2. The Kier molecular flexibility index (Phi) is 2.51. The molecular weight excluding hydrogens is 192 g/mol. The van der Waals surface area contributed by atoms with Crippen LogP contribution in [0.4, 0.5) is 0 Å². The summed E-state index contributed by atoms with van der Waals surface area (Å²) in [6.07, 6.45) is 6.78. The molecule has 0 aromatic heterocycles. The van der Waals surface area contributed by atoms with Crippen LogP contribution in [0, 0.1) is 11.8 Å². The van der Waals surface area contributed by atoms with Crippen molar-refractivity contribution in [3.05, 3.63) is 11.6 Å². The predicted molar refractivity (Wildman–Crippen MR) is 62.5 cm³/mol. The van der Waals surface area contributed by atoms with Gasteiger partial charge in [-0.05, 0) is 38.0 Å². The van der Waals surface area contributed by atoms with Crippen molar-refractivity contribution in [3.8, 4) is 0 Å². The van der Waals surface area contributed by atoms with Gasteiger partial charge in [-0.1, -0.05) is 18.6 Å². The molecule has 0 aromatic rings. The van der Waals surface area contributed by atoms with Crippen molar-refractivity contribution in [2.45, 2.75) is 38.1 Å². The first-order chi connectivity index (χ1) is 6.22. The highest BCUT2D eigenvalue weighted by atomic mass is 28.3. The fraction of sp³-hybridized carbons (Fsp3) is 0.800. The lowest BCUT2D eigenvalue weighted by Gasteiger charge is -2.35. The van der Waals surface area contributed by atoms with E-state index in [1.165, 1.54) is 19.3 Å². The van der Waals surface area contributed by atoms with E-state index >= 15 is 0 Å².